The number of aliphatic imine (C=N–C) groups is 1. The SMILES string of the molecule is CCOC(=O)N1CCN(C(=NC)NCC2CCN(c3ccccc3)C2)CC1.I. The molecule has 2 aliphatic rings. The number of carbonyl (C=O) groups excluding carboxylic acids is 1. The lowest BCUT2D eigenvalue weighted by Gasteiger charge is -2.36. The summed E-state index contributed by atoms with van der Waals surface area (Å²) in [7, 11) is 1.82. The lowest BCUT2D eigenvalue weighted by Crippen LogP contribution is -2.54. The Morgan fingerprint density at radius 3 is 2.46 bits per heavy atom. The molecule has 2 saturated heterocycles. The number of rotatable bonds is 4. The van der Waals surface area contributed by atoms with Crippen LogP contribution in [0.2, 0.25) is 0 Å². The van der Waals surface area contributed by atoms with Crippen LogP contribution in [0, 0.1) is 5.92 Å². The minimum Gasteiger partial charge on any atom is -0.450 e. The molecule has 1 aromatic rings. The lowest BCUT2D eigenvalue weighted by atomic mass is 10.1. The zero-order chi connectivity index (χ0) is 19.1. The average Bonchev–Trinajstić information content (AvgIpc) is 3.19. The molecule has 156 valence electrons. The molecular weight excluding hydrogens is 469 g/mol. The molecule has 8 heteroatoms. The Kier molecular flexibility index (Phi) is 9.14. The smallest absolute Gasteiger partial charge is 0.409 e. The van der Waals surface area contributed by atoms with Gasteiger partial charge >= 0.3 is 6.09 Å². The Labute approximate surface area is 185 Å². The van der Waals surface area contributed by atoms with Crippen molar-refractivity contribution in [2.75, 3.05) is 64.4 Å². The molecule has 2 fully saturated rings. The molecule has 0 bridgehead atoms. The first kappa shape index (κ1) is 22.6. The highest BCUT2D eigenvalue weighted by Crippen LogP contribution is 2.23. The van der Waals surface area contributed by atoms with E-state index in [4.69, 9.17) is 4.74 Å². The first-order chi connectivity index (χ1) is 13.2. The molecule has 3 rings (SSSR count). The number of ether oxygens (including phenoxy) is 1. The molecule has 0 spiro atoms. The summed E-state index contributed by atoms with van der Waals surface area (Å²) in [6.07, 6.45) is 0.974. The van der Waals surface area contributed by atoms with Crippen molar-refractivity contribution in [3.05, 3.63) is 30.3 Å². The third-order valence-electron chi connectivity index (χ3n) is 5.27. The number of benzene rings is 1. The number of nitrogens with zero attached hydrogens (tertiary/aromatic N) is 4. The standard InChI is InChI=1S/C20H31N5O2.HI/c1-3-27-20(26)24-13-11-23(12-14-24)19(21-2)22-15-17-9-10-25(16-17)18-7-5-4-6-8-18;/h4-8,17H,3,9-16H2,1-2H3,(H,21,22);1H. The largest absolute Gasteiger partial charge is 0.450 e. The van der Waals surface area contributed by atoms with Crippen molar-refractivity contribution in [3.8, 4) is 0 Å². The molecule has 0 saturated carbocycles. The number of piperazine rings is 1. The van der Waals surface area contributed by atoms with Crippen LogP contribution in [-0.2, 0) is 4.74 Å². The molecule has 1 amide bonds. The molecule has 0 aromatic heterocycles. The van der Waals surface area contributed by atoms with Gasteiger partial charge in [-0.25, -0.2) is 4.79 Å². The van der Waals surface area contributed by atoms with Crippen molar-refractivity contribution in [1.29, 1.82) is 0 Å². The van der Waals surface area contributed by atoms with E-state index >= 15 is 0 Å². The molecule has 1 N–H and O–H groups in total. The minimum absolute atomic E-state index is 0. The number of amides is 1. The summed E-state index contributed by atoms with van der Waals surface area (Å²) < 4.78 is 5.08. The molecule has 0 aliphatic carbocycles. The van der Waals surface area contributed by atoms with Crippen molar-refractivity contribution in [3.63, 3.8) is 0 Å². The van der Waals surface area contributed by atoms with E-state index in [1.165, 1.54) is 12.1 Å². The van der Waals surface area contributed by atoms with E-state index < -0.39 is 0 Å². The zero-order valence-corrected chi connectivity index (χ0v) is 19.2. The average molecular weight is 501 g/mol. The topological polar surface area (TPSA) is 60.4 Å². The predicted octanol–water partition coefficient (Wildman–Crippen LogP) is 2.48. The van der Waals surface area contributed by atoms with Crippen LogP contribution < -0.4 is 10.2 Å². The van der Waals surface area contributed by atoms with Gasteiger partial charge in [0.1, 0.15) is 0 Å². The van der Waals surface area contributed by atoms with Crippen LogP contribution in [0.5, 0.6) is 0 Å². The summed E-state index contributed by atoms with van der Waals surface area (Å²) in [6, 6.07) is 10.6. The van der Waals surface area contributed by atoms with Gasteiger partial charge in [-0.2, -0.15) is 0 Å². The van der Waals surface area contributed by atoms with E-state index in [2.05, 4.69) is 50.4 Å². The second-order valence-corrected chi connectivity index (χ2v) is 7.04. The molecule has 1 unspecified atom stereocenters. The maximum atomic E-state index is 11.8. The highest BCUT2D eigenvalue weighted by molar-refractivity contribution is 14.0. The second-order valence-electron chi connectivity index (χ2n) is 7.04. The third kappa shape index (κ3) is 5.89. The number of anilines is 1. The highest BCUT2D eigenvalue weighted by Gasteiger charge is 2.26. The number of halogens is 1. The number of guanidine groups is 1. The monoisotopic (exact) mass is 501 g/mol. The minimum atomic E-state index is -0.216. The van der Waals surface area contributed by atoms with Crippen LogP contribution >= 0.6 is 24.0 Å². The lowest BCUT2D eigenvalue weighted by molar-refractivity contribution is 0.0914. The predicted molar refractivity (Wildman–Crippen MR) is 124 cm³/mol. The Morgan fingerprint density at radius 2 is 1.82 bits per heavy atom. The molecule has 0 radical (unpaired) electrons. The molecule has 2 heterocycles. The van der Waals surface area contributed by atoms with Gasteiger partial charge in [0, 0.05) is 58.5 Å². The van der Waals surface area contributed by atoms with Gasteiger partial charge in [0.2, 0.25) is 0 Å². The molecule has 2 aliphatic heterocycles. The number of carbonyl (C=O) groups is 1. The van der Waals surface area contributed by atoms with Crippen LogP contribution in [0.25, 0.3) is 0 Å². The van der Waals surface area contributed by atoms with E-state index in [-0.39, 0.29) is 30.1 Å². The van der Waals surface area contributed by atoms with E-state index in [1.54, 1.807) is 4.90 Å². The van der Waals surface area contributed by atoms with Crippen molar-refractivity contribution in [2.24, 2.45) is 10.9 Å². The summed E-state index contributed by atoms with van der Waals surface area (Å²) in [5, 5.41) is 3.54. The molecule has 1 aromatic carbocycles. The van der Waals surface area contributed by atoms with Gasteiger partial charge in [-0.3, -0.25) is 4.99 Å². The maximum absolute atomic E-state index is 11.8. The molecule has 1 atom stereocenters. The summed E-state index contributed by atoms with van der Waals surface area (Å²) >= 11 is 0. The van der Waals surface area contributed by atoms with E-state index in [0.717, 1.165) is 38.7 Å². The summed E-state index contributed by atoms with van der Waals surface area (Å²) in [5.41, 5.74) is 1.31. The fraction of sp³-hybridized carbons (Fsp3) is 0.600. The summed E-state index contributed by atoms with van der Waals surface area (Å²) in [5.74, 6) is 1.54. The first-order valence-electron chi connectivity index (χ1n) is 9.88. The zero-order valence-electron chi connectivity index (χ0n) is 16.8. The van der Waals surface area contributed by atoms with Crippen LogP contribution in [0.1, 0.15) is 13.3 Å². The normalized spacial score (nSPS) is 20.0. The Balaban J connectivity index is 0.00000280. The van der Waals surface area contributed by atoms with E-state index in [9.17, 15) is 4.79 Å². The maximum Gasteiger partial charge on any atom is 0.409 e. The fourth-order valence-corrected chi connectivity index (χ4v) is 3.76. The van der Waals surface area contributed by atoms with Crippen LogP contribution in [0.15, 0.2) is 35.3 Å². The van der Waals surface area contributed by atoms with Gasteiger partial charge < -0.3 is 24.8 Å². The van der Waals surface area contributed by atoms with Gasteiger partial charge in [-0.15, -0.1) is 24.0 Å². The number of hydrogen-bond donors (Lipinski definition) is 1. The Morgan fingerprint density at radius 1 is 1.14 bits per heavy atom. The van der Waals surface area contributed by atoms with Gasteiger partial charge in [0.25, 0.3) is 0 Å². The van der Waals surface area contributed by atoms with Crippen LogP contribution in [0.4, 0.5) is 10.5 Å². The van der Waals surface area contributed by atoms with Crippen molar-refractivity contribution < 1.29 is 9.53 Å². The first-order valence-corrected chi connectivity index (χ1v) is 9.88. The third-order valence-corrected chi connectivity index (χ3v) is 5.27. The van der Waals surface area contributed by atoms with Gasteiger partial charge in [0.05, 0.1) is 6.61 Å². The van der Waals surface area contributed by atoms with Crippen LogP contribution in [0.3, 0.4) is 0 Å². The Bertz CT molecular complexity index is 635. The van der Waals surface area contributed by atoms with Gasteiger partial charge in [0.15, 0.2) is 5.96 Å². The molecular formula is C20H32IN5O2. The quantitative estimate of drug-likeness (QED) is 0.391. The van der Waals surface area contributed by atoms with Gasteiger partial charge in [-0.1, -0.05) is 18.2 Å². The Hall–Kier alpha value is -1.71. The van der Waals surface area contributed by atoms with Crippen molar-refractivity contribution in [2.45, 2.75) is 13.3 Å². The van der Waals surface area contributed by atoms with E-state index in [0.29, 0.717) is 25.6 Å². The van der Waals surface area contributed by atoms with Gasteiger partial charge in [-0.05, 0) is 31.4 Å². The van der Waals surface area contributed by atoms with Crippen molar-refractivity contribution >= 4 is 41.7 Å². The molecule has 7 nitrogen and oxygen atoms in total. The number of nitrogens with one attached hydrogen (secondary N) is 1. The van der Waals surface area contributed by atoms with Crippen molar-refractivity contribution in [1.82, 2.24) is 15.1 Å². The molecule has 28 heavy (non-hydrogen) atoms. The summed E-state index contributed by atoms with van der Waals surface area (Å²) in [4.78, 5) is 22.7. The number of hydrogen-bond acceptors (Lipinski definition) is 4. The fourth-order valence-electron chi connectivity index (χ4n) is 3.76. The summed E-state index contributed by atoms with van der Waals surface area (Å²) in [6.45, 7) is 8.26. The number of para-hydroxylation sites is 1. The van der Waals surface area contributed by atoms with E-state index in [1.807, 2.05) is 14.0 Å². The highest BCUT2D eigenvalue weighted by atomic mass is 127. The second kappa shape index (κ2) is 11.3. The van der Waals surface area contributed by atoms with Crippen LogP contribution in [-0.4, -0.2) is 81.3 Å².